The van der Waals surface area contributed by atoms with Gasteiger partial charge < -0.3 is 5.11 Å². The summed E-state index contributed by atoms with van der Waals surface area (Å²) < 4.78 is 0. The van der Waals surface area contributed by atoms with E-state index in [2.05, 4.69) is 26.0 Å². The third-order valence-corrected chi connectivity index (χ3v) is 3.16. The fraction of sp³-hybridized carbons (Fsp3) is 0.800. The van der Waals surface area contributed by atoms with Crippen molar-refractivity contribution in [1.82, 2.24) is 0 Å². The highest BCUT2D eigenvalue weighted by atomic mass is 16.4. The Bertz CT molecular complexity index is 209. The highest BCUT2D eigenvalue weighted by Crippen LogP contribution is 2.10. The van der Waals surface area contributed by atoms with Crippen LogP contribution < -0.4 is 0 Å². The molecule has 0 heterocycles. The summed E-state index contributed by atoms with van der Waals surface area (Å²) in [6.07, 6.45) is 14.1. The molecule has 1 N–H and O–H groups in total. The number of aliphatic carboxylic acids is 1. The Balaban J connectivity index is 3.15. The summed E-state index contributed by atoms with van der Waals surface area (Å²) in [4.78, 5) is 10.3. The topological polar surface area (TPSA) is 37.3 Å². The third kappa shape index (κ3) is 13.1. The quantitative estimate of drug-likeness (QED) is 0.416. The molecule has 1 atom stereocenters. The van der Waals surface area contributed by atoms with Gasteiger partial charge in [0.2, 0.25) is 0 Å². The van der Waals surface area contributed by atoms with Crippen molar-refractivity contribution < 1.29 is 9.90 Å². The standard InChI is InChI=1S/C15H28O2/c1-3-14(2)12-10-8-6-4-5-7-9-11-13-15(16)17/h8,10,14H,3-7,9,11-13H2,1-2H3,(H,16,17). The second-order valence-electron chi connectivity index (χ2n) is 4.92. The monoisotopic (exact) mass is 240 g/mol. The maximum absolute atomic E-state index is 10.3. The van der Waals surface area contributed by atoms with Crippen LogP contribution in [0.25, 0.3) is 0 Å². The first-order chi connectivity index (χ1) is 8.16. The molecule has 0 bridgehead atoms. The van der Waals surface area contributed by atoms with Crippen molar-refractivity contribution in [3.63, 3.8) is 0 Å². The Morgan fingerprint density at radius 1 is 1.12 bits per heavy atom. The SMILES string of the molecule is CCC(C)CC=CCCCCCCCC(=O)O. The second-order valence-corrected chi connectivity index (χ2v) is 4.92. The van der Waals surface area contributed by atoms with Gasteiger partial charge >= 0.3 is 5.97 Å². The van der Waals surface area contributed by atoms with Crippen LogP contribution in [0.2, 0.25) is 0 Å². The summed E-state index contributed by atoms with van der Waals surface area (Å²) in [6, 6.07) is 0. The normalized spacial score (nSPS) is 13.1. The molecule has 0 amide bonds. The van der Waals surface area contributed by atoms with Crippen LogP contribution in [0.15, 0.2) is 12.2 Å². The van der Waals surface area contributed by atoms with Gasteiger partial charge in [0.15, 0.2) is 0 Å². The van der Waals surface area contributed by atoms with Gasteiger partial charge in [-0.15, -0.1) is 0 Å². The molecule has 0 saturated carbocycles. The van der Waals surface area contributed by atoms with Gasteiger partial charge in [-0.05, 0) is 31.6 Å². The predicted octanol–water partition coefficient (Wildman–Crippen LogP) is 4.79. The average Bonchev–Trinajstić information content (AvgIpc) is 2.30. The van der Waals surface area contributed by atoms with Crippen LogP contribution in [0.3, 0.4) is 0 Å². The zero-order chi connectivity index (χ0) is 12.9. The molecule has 17 heavy (non-hydrogen) atoms. The maximum atomic E-state index is 10.3. The number of carboxylic acids is 1. The molecule has 0 aromatic carbocycles. The van der Waals surface area contributed by atoms with Crippen molar-refractivity contribution in [2.45, 2.75) is 71.6 Å². The van der Waals surface area contributed by atoms with E-state index in [4.69, 9.17) is 5.11 Å². The molecular formula is C15H28O2. The molecule has 0 rings (SSSR count). The molecule has 1 unspecified atom stereocenters. The summed E-state index contributed by atoms with van der Waals surface area (Å²) in [5.74, 6) is 0.139. The number of hydrogen-bond donors (Lipinski definition) is 1. The smallest absolute Gasteiger partial charge is 0.303 e. The van der Waals surface area contributed by atoms with Crippen LogP contribution in [0.1, 0.15) is 71.6 Å². The summed E-state index contributed by atoms with van der Waals surface area (Å²) in [5, 5.41) is 8.47. The van der Waals surface area contributed by atoms with E-state index in [1.165, 1.54) is 38.5 Å². The van der Waals surface area contributed by atoms with Gasteiger partial charge in [0, 0.05) is 6.42 Å². The Morgan fingerprint density at radius 2 is 1.76 bits per heavy atom. The molecule has 0 saturated heterocycles. The van der Waals surface area contributed by atoms with Crippen LogP contribution in [0.4, 0.5) is 0 Å². The van der Waals surface area contributed by atoms with E-state index in [0.29, 0.717) is 6.42 Å². The number of unbranched alkanes of at least 4 members (excludes halogenated alkanes) is 5. The molecule has 0 spiro atoms. The van der Waals surface area contributed by atoms with Gasteiger partial charge in [-0.2, -0.15) is 0 Å². The van der Waals surface area contributed by atoms with Crippen LogP contribution in [0.5, 0.6) is 0 Å². The van der Waals surface area contributed by atoms with Crippen LogP contribution in [-0.2, 0) is 4.79 Å². The number of carbonyl (C=O) groups is 1. The molecule has 2 nitrogen and oxygen atoms in total. The van der Waals surface area contributed by atoms with Crippen molar-refractivity contribution in [1.29, 1.82) is 0 Å². The van der Waals surface area contributed by atoms with Gasteiger partial charge in [0.1, 0.15) is 0 Å². The Morgan fingerprint density at radius 3 is 2.41 bits per heavy atom. The average molecular weight is 240 g/mol. The summed E-state index contributed by atoms with van der Waals surface area (Å²) in [7, 11) is 0. The molecule has 2 heteroatoms. The fourth-order valence-electron chi connectivity index (χ4n) is 1.68. The molecule has 0 aliphatic rings. The molecule has 0 fully saturated rings. The van der Waals surface area contributed by atoms with Crippen LogP contribution in [0, 0.1) is 5.92 Å². The fourth-order valence-corrected chi connectivity index (χ4v) is 1.68. The number of rotatable bonds is 11. The lowest BCUT2D eigenvalue weighted by Gasteiger charge is -2.02. The number of allylic oxidation sites excluding steroid dienone is 2. The zero-order valence-corrected chi connectivity index (χ0v) is 11.5. The minimum Gasteiger partial charge on any atom is -0.481 e. The predicted molar refractivity (Wildman–Crippen MR) is 73.2 cm³/mol. The van der Waals surface area contributed by atoms with E-state index in [0.717, 1.165) is 18.8 Å². The van der Waals surface area contributed by atoms with Gasteiger partial charge in [-0.1, -0.05) is 51.7 Å². The zero-order valence-electron chi connectivity index (χ0n) is 11.5. The van der Waals surface area contributed by atoms with Crippen LogP contribution >= 0.6 is 0 Å². The summed E-state index contributed by atoms with van der Waals surface area (Å²) >= 11 is 0. The van der Waals surface area contributed by atoms with E-state index >= 15 is 0 Å². The molecule has 0 radical (unpaired) electrons. The molecule has 100 valence electrons. The molecule has 0 aromatic rings. The number of hydrogen-bond acceptors (Lipinski definition) is 1. The molecule has 0 aliphatic carbocycles. The lowest BCUT2D eigenvalue weighted by molar-refractivity contribution is -0.137. The van der Waals surface area contributed by atoms with Crippen molar-refractivity contribution in [3.05, 3.63) is 12.2 Å². The highest BCUT2D eigenvalue weighted by Gasteiger charge is 1.96. The van der Waals surface area contributed by atoms with Crippen molar-refractivity contribution in [2.75, 3.05) is 0 Å². The van der Waals surface area contributed by atoms with E-state index in [1.807, 2.05) is 0 Å². The first-order valence-electron chi connectivity index (χ1n) is 7.03. The Labute approximate surface area is 106 Å². The lowest BCUT2D eigenvalue weighted by atomic mass is 10.0. The van der Waals surface area contributed by atoms with E-state index < -0.39 is 5.97 Å². The van der Waals surface area contributed by atoms with E-state index in [9.17, 15) is 4.79 Å². The molecule has 0 aliphatic heterocycles. The van der Waals surface area contributed by atoms with E-state index in [1.54, 1.807) is 0 Å². The third-order valence-electron chi connectivity index (χ3n) is 3.16. The van der Waals surface area contributed by atoms with E-state index in [-0.39, 0.29) is 0 Å². The second kappa shape index (κ2) is 11.7. The molecular weight excluding hydrogens is 212 g/mol. The maximum Gasteiger partial charge on any atom is 0.303 e. The summed E-state index contributed by atoms with van der Waals surface area (Å²) in [5.41, 5.74) is 0. The Kier molecular flexibility index (Phi) is 11.1. The minimum atomic E-state index is -0.669. The van der Waals surface area contributed by atoms with Gasteiger partial charge in [-0.25, -0.2) is 0 Å². The van der Waals surface area contributed by atoms with Crippen molar-refractivity contribution in [2.24, 2.45) is 5.92 Å². The minimum absolute atomic E-state index is 0.328. The van der Waals surface area contributed by atoms with Gasteiger partial charge in [0.05, 0.1) is 0 Å². The molecule has 0 aromatic heterocycles. The largest absolute Gasteiger partial charge is 0.481 e. The summed E-state index contributed by atoms with van der Waals surface area (Å²) in [6.45, 7) is 4.52. The first-order valence-corrected chi connectivity index (χ1v) is 7.03. The van der Waals surface area contributed by atoms with Crippen molar-refractivity contribution >= 4 is 5.97 Å². The first kappa shape index (κ1) is 16.2. The highest BCUT2D eigenvalue weighted by molar-refractivity contribution is 5.66. The lowest BCUT2D eigenvalue weighted by Crippen LogP contribution is -1.93. The number of carboxylic acid groups (broad SMARTS) is 1. The van der Waals surface area contributed by atoms with Crippen molar-refractivity contribution in [3.8, 4) is 0 Å². The Hall–Kier alpha value is -0.790. The van der Waals surface area contributed by atoms with Crippen LogP contribution in [-0.4, -0.2) is 11.1 Å². The van der Waals surface area contributed by atoms with Gasteiger partial charge in [0.25, 0.3) is 0 Å². The van der Waals surface area contributed by atoms with Gasteiger partial charge in [-0.3, -0.25) is 4.79 Å².